The molecular formula is C7H5N6NaO. The summed E-state index contributed by atoms with van der Waals surface area (Å²) in [5.74, 6) is -0.119. The summed E-state index contributed by atoms with van der Waals surface area (Å²) in [6.45, 7) is 0. The first-order valence-corrected chi connectivity index (χ1v) is 3.77. The number of nitrogens with zero attached hydrogens (tertiary/aromatic N) is 5. The molecule has 0 saturated carbocycles. The topological polar surface area (TPSA) is 94.8 Å². The van der Waals surface area contributed by atoms with Crippen LogP contribution in [0, 0.1) is 0 Å². The van der Waals surface area contributed by atoms with Gasteiger partial charge in [-0.2, -0.15) is 5.21 Å². The van der Waals surface area contributed by atoms with Gasteiger partial charge in [-0.25, -0.2) is 4.98 Å². The van der Waals surface area contributed by atoms with Crippen LogP contribution in [0.15, 0.2) is 24.4 Å². The first-order valence-electron chi connectivity index (χ1n) is 3.77. The van der Waals surface area contributed by atoms with Crippen LogP contribution in [0.25, 0.3) is 0 Å². The number of carbonyl (C=O) groups is 1. The summed E-state index contributed by atoms with van der Waals surface area (Å²) in [5.41, 5.74) is 0. The van der Waals surface area contributed by atoms with Crippen LogP contribution in [0.4, 0.5) is 5.82 Å². The van der Waals surface area contributed by atoms with Crippen molar-refractivity contribution < 1.29 is 34.4 Å². The van der Waals surface area contributed by atoms with Crippen molar-refractivity contribution in [1.29, 1.82) is 0 Å². The molecule has 0 spiro atoms. The van der Waals surface area contributed by atoms with E-state index in [2.05, 4.69) is 30.9 Å². The quantitative estimate of drug-likeness (QED) is 0.518. The number of amides is 1. The fourth-order valence-corrected chi connectivity index (χ4v) is 0.844. The van der Waals surface area contributed by atoms with Gasteiger partial charge in [0, 0.05) is 6.20 Å². The third-order valence-electron chi connectivity index (χ3n) is 1.43. The predicted octanol–water partition coefficient (Wildman–Crippen LogP) is -3.52. The zero-order valence-electron chi connectivity index (χ0n) is 7.95. The third-order valence-corrected chi connectivity index (χ3v) is 1.43. The average Bonchev–Trinajstić information content (AvgIpc) is 2.72. The largest absolute Gasteiger partial charge is 1.00 e. The van der Waals surface area contributed by atoms with E-state index in [4.69, 9.17) is 0 Å². The number of hydrogen-bond acceptors (Lipinski definition) is 5. The summed E-state index contributed by atoms with van der Waals surface area (Å²) in [4.78, 5) is 15.2. The van der Waals surface area contributed by atoms with Crippen LogP contribution in [-0.2, 0) is 0 Å². The Labute approximate surface area is 107 Å². The Kier molecular flexibility index (Phi) is 4.35. The Bertz CT molecular complexity index is 416. The summed E-state index contributed by atoms with van der Waals surface area (Å²) >= 11 is 0. The fraction of sp³-hybridized carbons (Fsp3) is 0. The molecule has 2 aromatic heterocycles. The Morgan fingerprint density at radius 1 is 1.40 bits per heavy atom. The molecule has 0 aromatic carbocycles. The van der Waals surface area contributed by atoms with Gasteiger partial charge in [0.25, 0.3) is 5.91 Å². The maximum absolute atomic E-state index is 11.3. The van der Waals surface area contributed by atoms with E-state index in [0.29, 0.717) is 5.82 Å². The van der Waals surface area contributed by atoms with Crippen LogP contribution in [0.5, 0.6) is 0 Å². The second-order valence-corrected chi connectivity index (χ2v) is 2.37. The Morgan fingerprint density at radius 3 is 2.87 bits per heavy atom. The van der Waals surface area contributed by atoms with Gasteiger partial charge in [-0.05, 0) is 12.1 Å². The van der Waals surface area contributed by atoms with Crippen LogP contribution in [0.2, 0.25) is 0 Å². The van der Waals surface area contributed by atoms with Crippen molar-refractivity contribution >= 4 is 11.7 Å². The van der Waals surface area contributed by atoms with Crippen LogP contribution in [0.1, 0.15) is 10.6 Å². The van der Waals surface area contributed by atoms with Crippen molar-refractivity contribution in [1.82, 2.24) is 25.6 Å². The molecule has 0 bridgehead atoms. The monoisotopic (exact) mass is 212 g/mol. The number of hydrogen-bond donors (Lipinski definition) is 1. The molecule has 1 amide bonds. The first-order chi connectivity index (χ1) is 6.86. The van der Waals surface area contributed by atoms with E-state index in [1.807, 2.05) is 0 Å². The van der Waals surface area contributed by atoms with Gasteiger partial charge in [-0.1, -0.05) is 6.07 Å². The molecule has 0 fully saturated rings. The molecular weight excluding hydrogens is 207 g/mol. The van der Waals surface area contributed by atoms with Gasteiger partial charge < -0.3 is 10.4 Å². The molecule has 7 nitrogen and oxygen atoms in total. The predicted molar refractivity (Wildman–Crippen MR) is 45.3 cm³/mol. The van der Waals surface area contributed by atoms with Gasteiger partial charge in [0.1, 0.15) is 5.82 Å². The Balaban J connectivity index is 0.00000112. The van der Waals surface area contributed by atoms with Gasteiger partial charge in [0.15, 0.2) is 0 Å². The van der Waals surface area contributed by atoms with E-state index in [1.165, 1.54) is 0 Å². The van der Waals surface area contributed by atoms with Crippen molar-refractivity contribution in [3.05, 3.63) is 30.2 Å². The zero-order chi connectivity index (χ0) is 9.80. The van der Waals surface area contributed by atoms with Gasteiger partial charge in [-0.15, -0.1) is 0 Å². The van der Waals surface area contributed by atoms with Gasteiger partial charge in [-0.3, -0.25) is 15.1 Å². The molecule has 70 valence electrons. The molecule has 0 unspecified atom stereocenters. The molecule has 0 aliphatic heterocycles. The molecule has 2 aromatic rings. The molecule has 1 N–H and O–H groups in total. The fourth-order valence-electron chi connectivity index (χ4n) is 0.844. The Hall–Kier alpha value is -1.31. The second kappa shape index (κ2) is 5.54. The molecule has 2 rings (SSSR count). The standard InChI is InChI=1S/C7H6N6O.Na/c14-7(6-10-12-13-11-6)9-5-3-1-2-4-8-5;/h1-4H,(H2,8,9,10,11,12,13,14);/q;+1/p-1. The summed E-state index contributed by atoms with van der Waals surface area (Å²) in [6, 6.07) is 5.16. The smallest absolute Gasteiger partial charge is 0.326 e. The van der Waals surface area contributed by atoms with Gasteiger partial charge in [0.05, 0.1) is 5.82 Å². The molecule has 15 heavy (non-hydrogen) atoms. The SMILES string of the molecule is O=C(Nc1ccccn1)c1nnn[n-]1.[Na+]. The number of tetrazole rings is 1. The minimum Gasteiger partial charge on any atom is -0.326 e. The van der Waals surface area contributed by atoms with Crippen molar-refractivity contribution in [2.24, 2.45) is 0 Å². The van der Waals surface area contributed by atoms with E-state index in [-0.39, 0.29) is 35.4 Å². The average molecular weight is 212 g/mol. The molecule has 0 radical (unpaired) electrons. The zero-order valence-corrected chi connectivity index (χ0v) is 9.95. The Morgan fingerprint density at radius 2 is 2.27 bits per heavy atom. The van der Waals surface area contributed by atoms with E-state index in [1.54, 1.807) is 24.4 Å². The molecule has 2 heterocycles. The maximum atomic E-state index is 11.3. The van der Waals surface area contributed by atoms with Gasteiger partial charge >= 0.3 is 29.6 Å². The number of nitrogens with one attached hydrogen (secondary N) is 1. The minimum atomic E-state index is -0.478. The first kappa shape index (κ1) is 11.8. The van der Waals surface area contributed by atoms with Gasteiger partial charge in [0.2, 0.25) is 0 Å². The summed E-state index contributed by atoms with van der Waals surface area (Å²) in [7, 11) is 0. The number of anilines is 1. The third kappa shape index (κ3) is 3.08. The van der Waals surface area contributed by atoms with E-state index < -0.39 is 5.91 Å². The molecule has 0 atom stereocenters. The maximum Gasteiger partial charge on any atom is 1.00 e. The van der Waals surface area contributed by atoms with Crippen molar-refractivity contribution in [3.8, 4) is 0 Å². The minimum absolute atomic E-state index is 0. The molecule has 8 heteroatoms. The van der Waals surface area contributed by atoms with Crippen LogP contribution >= 0.6 is 0 Å². The van der Waals surface area contributed by atoms with Crippen LogP contribution in [-0.4, -0.2) is 26.4 Å². The summed E-state index contributed by atoms with van der Waals surface area (Å²) in [6.07, 6.45) is 1.57. The number of pyridine rings is 1. The normalized spacial score (nSPS) is 9.07. The van der Waals surface area contributed by atoms with Crippen molar-refractivity contribution in [2.75, 3.05) is 5.32 Å². The molecule has 0 aliphatic carbocycles. The van der Waals surface area contributed by atoms with E-state index in [9.17, 15) is 4.79 Å². The number of aromatic nitrogens is 5. The summed E-state index contributed by atoms with van der Waals surface area (Å²) in [5, 5.41) is 15.7. The molecule has 0 aliphatic rings. The number of rotatable bonds is 2. The van der Waals surface area contributed by atoms with Crippen LogP contribution in [0.3, 0.4) is 0 Å². The van der Waals surface area contributed by atoms with Crippen molar-refractivity contribution in [3.63, 3.8) is 0 Å². The van der Waals surface area contributed by atoms with E-state index >= 15 is 0 Å². The summed E-state index contributed by atoms with van der Waals surface area (Å²) < 4.78 is 0. The molecule has 0 saturated heterocycles. The number of carbonyl (C=O) groups excluding carboxylic acids is 1. The van der Waals surface area contributed by atoms with Crippen molar-refractivity contribution in [2.45, 2.75) is 0 Å². The van der Waals surface area contributed by atoms with Crippen LogP contribution < -0.4 is 40.0 Å². The van der Waals surface area contributed by atoms with E-state index in [0.717, 1.165) is 0 Å². The second-order valence-electron chi connectivity index (χ2n) is 2.37.